The number of hydrazone groups is 1. The lowest BCUT2D eigenvalue weighted by molar-refractivity contribution is -0.120. The topological polar surface area (TPSA) is 59.9 Å². The van der Waals surface area contributed by atoms with Crippen molar-refractivity contribution < 1.29 is 14.3 Å². The number of thioether (sulfide) groups is 1. The molecule has 0 fully saturated rings. The maximum absolute atomic E-state index is 12.0. The van der Waals surface area contributed by atoms with Crippen molar-refractivity contribution in [1.82, 2.24) is 5.43 Å². The van der Waals surface area contributed by atoms with E-state index in [2.05, 4.69) is 26.5 Å². The van der Waals surface area contributed by atoms with Crippen LogP contribution in [0.5, 0.6) is 11.5 Å². The Kier molecular flexibility index (Phi) is 9.94. The third-order valence-electron chi connectivity index (χ3n) is 4.40. The van der Waals surface area contributed by atoms with Crippen LogP contribution in [-0.2, 0) is 11.4 Å². The number of ether oxygens (including phenoxy) is 2. The third-order valence-corrected chi connectivity index (χ3v) is 6.62. The summed E-state index contributed by atoms with van der Waals surface area (Å²) in [5, 5.41) is 5.37. The number of carbonyl (C=O) groups is 1. The minimum atomic E-state index is -0.168. The third kappa shape index (κ3) is 7.96. The SMILES string of the molecule is COc1cc(/C=N\NC(=O)CCSc2ccc(Cl)cc2)cc(Br)c1OCc1ccccc1Cl. The molecule has 0 aliphatic heterocycles. The minimum Gasteiger partial charge on any atom is -0.493 e. The van der Waals surface area contributed by atoms with Crippen molar-refractivity contribution in [2.75, 3.05) is 12.9 Å². The van der Waals surface area contributed by atoms with E-state index in [1.54, 1.807) is 31.2 Å². The van der Waals surface area contributed by atoms with Gasteiger partial charge in [0.25, 0.3) is 0 Å². The second-order valence-corrected chi connectivity index (χ2v) is 9.63. The molecule has 0 bridgehead atoms. The Morgan fingerprint density at radius 3 is 2.64 bits per heavy atom. The first-order valence-electron chi connectivity index (χ1n) is 9.90. The minimum absolute atomic E-state index is 0.168. The summed E-state index contributed by atoms with van der Waals surface area (Å²) in [5.41, 5.74) is 4.15. The molecule has 1 N–H and O–H groups in total. The second-order valence-electron chi connectivity index (χ2n) is 6.76. The van der Waals surface area contributed by atoms with Crippen LogP contribution in [0.3, 0.4) is 0 Å². The summed E-state index contributed by atoms with van der Waals surface area (Å²) >= 11 is 17.2. The van der Waals surface area contributed by atoms with Crippen LogP contribution in [0, 0.1) is 0 Å². The van der Waals surface area contributed by atoms with Gasteiger partial charge in [-0.15, -0.1) is 11.8 Å². The van der Waals surface area contributed by atoms with Crippen LogP contribution < -0.4 is 14.9 Å². The number of hydrogen-bond acceptors (Lipinski definition) is 5. The van der Waals surface area contributed by atoms with Gasteiger partial charge >= 0.3 is 0 Å². The highest BCUT2D eigenvalue weighted by atomic mass is 79.9. The molecular weight excluding hydrogens is 547 g/mol. The van der Waals surface area contributed by atoms with E-state index in [0.29, 0.717) is 44.8 Å². The van der Waals surface area contributed by atoms with Crippen molar-refractivity contribution in [3.05, 3.63) is 86.3 Å². The summed E-state index contributed by atoms with van der Waals surface area (Å²) in [7, 11) is 1.56. The molecule has 0 heterocycles. The van der Waals surface area contributed by atoms with Gasteiger partial charge in [0.05, 0.1) is 17.8 Å². The number of benzene rings is 3. The van der Waals surface area contributed by atoms with E-state index in [9.17, 15) is 4.79 Å². The summed E-state index contributed by atoms with van der Waals surface area (Å²) in [6.45, 7) is 0.298. The van der Waals surface area contributed by atoms with Crippen molar-refractivity contribution >= 4 is 63.0 Å². The Balaban J connectivity index is 1.53. The Hall–Kier alpha value is -2.19. The average Bonchev–Trinajstić information content (AvgIpc) is 2.80. The van der Waals surface area contributed by atoms with E-state index in [1.807, 2.05) is 54.6 Å². The Labute approximate surface area is 215 Å². The van der Waals surface area contributed by atoms with Gasteiger partial charge < -0.3 is 9.47 Å². The predicted octanol–water partition coefficient (Wildman–Crippen LogP) is 6.98. The van der Waals surface area contributed by atoms with Gasteiger partial charge in [-0.05, 0) is 64.0 Å². The van der Waals surface area contributed by atoms with Gasteiger partial charge in [-0.3, -0.25) is 4.79 Å². The standard InChI is InChI=1S/C24H21BrCl2N2O3S/c1-31-22-13-16(12-20(25)24(22)32-15-17-4-2-3-5-21(17)27)14-28-29-23(30)10-11-33-19-8-6-18(26)7-9-19/h2-9,12-14H,10-11,15H2,1H3,(H,29,30)/b28-14-. The van der Waals surface area contributed by atoms with E-state index in [4.69, 9.17) is 32.7 Å². The lowest BCUT2D eigenvalue weighted by Gasteiger charge is -2.14. The highest BCUT2D eigenvalue weighted by molar-refractivity contribution is 9.10. The van der Waals surface area contributed by atoms with E-state index < -0.39 is 0 Å². The van der Waals surface area contributed by atoms with Gasteiger partial charge in [0, 0.05) is 32.7 Å². The Morgan fingerprint density at radius 1 is 1.15 bits per heavy atom. The Bertz CT molecular complexity index is 1130. The molecule has 0 atom stereocenters. The predicted molar refractivity (Wildman–Crippen MR) is 139 cm³/mol. The van der Waals surface area contributed by atoms with Crippen LogP contribution in [0.2, 0.25) is 10.0 Å². The smallest absolute Gasteiger partial charge is 0.240 e. The highest BCUT2D eigenvalue weighted by Gasteiger charge is 2.12. The molecule has 0 spiro atoms. The molecule has 172 valence electrons. The van der Waals surface area contributed by atoms with Crippen LogP contribution >= 0.6 is 50.9 Å². The number of rotatable bonds is 10. The number of carbonyl (C=O) groups excluding carboxylic acids is 1. The molecule has 3 aromatic carbocycles. The molecule has 5 nitrogen and oxygen atoms in total. The van der Waals surface area contributed by atoms with E-state index in [-0.39, 0.29) is 5.91 Å². The van der Waals surface area contributed by atoms with E-state index >= 15 is 0 Å². The zero-order valence-corrected chi connectivity index (χ0v) is 21.6. The van der Waals surface area contributed by atoms with Gasteiger partial charge in [0.15, 0.2) is 11.5 Å². The molecule has 3 rings (SSSR count). The maximum Gasteiger partial charge on any atom is 0.240 e. The first kappa shape index (κ1) is 25.4. The van der Waals surface area contributed by atoms with E-state index in [0.717, 1.165) is 16.0 Å². The first-order valence-corrected chi connectivity index (χ1v) is 12.4. The van der Waals surface area contributed by atoms with Crippen LogP contribution in [-0.4, -0.2) is 25.0 Å². The number of nitrogens with zero attached hydrogens (tertiary/aromatic N) is 1. The fourth-order valence-electron chi connectivity index (χ4n) is 2.75. The van der Waals surface area contributed by atoms with Crippen LogP contribution in [0.25, 0.3) is 0 Å². The number of methoxy groups -OCH3 is 1. The van der Waals surface area contributed by atoms with Crippen molar-refractivity contribution in [3.63, 3.8) is 0 Å². The summed E-state index contributed by atoms with van der Waals surface area (Å²) in [5.74, 6) is 1.56. The van der Waals surface area contributed by atoms with Gasteiger partial charge in [0.2, 0.25) is 5.91 Å². The molecule has 0 unspecified atom stereocenters. The Morgan fingerprint density at radius 2 is 1.91 bits per heavy atom. The number of hydrogen-bond donors (Lipinski definition) is 1. The maximum atomic E-state index is 12.0. The van der Waals surface area contributed by atoms with Crippen molar-refractivity contribution in [3.8, 4) is 11.5 Å². The molecule has 0 saturated carbocycles. The first-order chi connectivity index (χ1) is 16.0. The zero-order chi connectivity index (χ0) is 23.6. The lowest BCUT2D eigenvalue weighted by Crippen LogP contribution is -2.17. The monoisotopic (exact) mass is 566 g/mol. The number of halogens is 3. The fourth-order valence-corrected chi connectivity index (χ4v) is 4.49. The molecule has 0 saturated heterocycles. The van der Waals surface area contributed by atoms with Gasteiger partial charge in [-0.1, -0.05) is 41.4 Å². The molecule has 3 aromatic rings. The molecular formula is C24H21BrCl2N2O3S. The molecule has 0 aromatic heterocycles. The normalized spacial score (nSPS) is 10.9. The van der Waals surface area contributed by atoms with Crippen LogP contribution in [0.1, 0.15) is 17.5 Å². The molecule has 9 heteroatoms. The summed E-state index contributed by atoms with van der Waals surface area (Å²) in [6.07, 6.45) is 1.89. The number of amides is 1. The van der Waals surface area contributed by atoms with Crippen molar-refractivity contribution in [2.45, 2.75) is 17.9 Å². The van der Waals surface area contributed by atoms with Crippen LogP contribution in [0.4, 0.5) is 0 Å². The zero-order valence-electron chi connectivity index (χ0n) is 17.7. The lowest BCUT2D eigenvalue weighted by atomic mass is 10.2. The van der Waals surface area contributed by atoms with Crippen molar-refractivity contribution in [2.24, 2.45) is 5.10 Å². The average molecular weight is 568 g/mol. The van der Waals surface area contributed by atoms with Gasteiger partial charge in [-0.25, -0.2) is 5.43 Å². The van der Waals surface area contributed by atoms with E-state index in [1.165, 1.54) is 0 Å². The molecule has 1 amide bonds. The highest BCUT2D eigenvalue weighted by Crippen LogP contribution is 2.37. The number of nitrogens with one attached hydrogen (secondary N) is 1. The molecule has 0 radical (unpaired) electrons. The van der Waals surface area contributed by atoms with Crippen LogP contribution in [0.15, 0.2) is 75.1 Å². The largest absolute Gasteiger partial charge is 0.493 e. The molecule has 0 aliphatic rings. The van der Waals surface area contributed by atoms with Gasteiger partial charge in [-0.2, -0.15) is 5.10 Å². The summed E-state index contributed by atoms with van der Waals surface area (Å²) in [6, 6.07) is 18.6. The quantitative estimate of drug-likeness (QED) is 0.163. The molecule has 33 heavy (non-hydrogen) atoms. The van der Waals surface area contributed by atoms with Gasteiger partial charge in [0.1, 0.15) is 6.61 Å². The second kappa shape index (κ2) is 12.9. The molecule has 0 aliphatic carbocycles. The summed E-state index contributed by atoms with van der Waals surface area (Å²) in [4.78, 5) is 13.1. The van der Waals surface area contributed by atoms with Crippen molar-refractivity contribution in [1.29, 1.82) is 0 Å². The summed E-state index contributed by atoms with van der Waals surface area (Å²) < 4.78 is 12.1. The fraction of sp³-hybridized carbons (Fsp3) is 0.167.